The number of carbonyl (C=O) groups is 1. The van der Waals surface area contributed by atoms with Gasteiger partial charge in [0.05, 0.1) is 16.9 Å². The minimum absolute atomic E-state index is 0.0100. The highest BCUT2D eigenvalue weighted by Gasteiger charge is 2.51. The van der Waals surface area contributed by atoms with Crippen LogP contribution in [0.5, 0.6) is 0 Å². The van der Waals surface area contributed by atoms with E-state index >= 15 is 0 Å². The van der Waals surface area contributed by atoms with Gasteiger partial charge in [-0.25, -0.2) is 18.4 Å². The van der Waals surface area contributed by atoms with Gasteiger partial charge in [-0.3, -0.25) is 5.32 Å². The molecule has 2 aromatic rings. The van der Waals surface area contributed by atoms with Crippen molar-refractivity contribution in [3.05, 3.63) is 54.1 Å². The average Bonchev–Trinajstić information content (AvgIpc) is 2.88. The van der Waals surface area contributed by atoms with Crippen LogP contribution in [0.15, 0.2) is 53.4 Å². The Morgan fingerprint density at radius 3 is 2.23 bits per heavy atom. The lowest BCUT2D eigenvalue weighted by Crippen LogP contribution is -2.41. The number of ether oxygens (including phenoxy) is 1. The molecule has 0 saturated carbocycles. The van der Waals surface area contributed by atoms with E-state index in [-0.39, 0.29) is 17.2 Å². The monoisotopic (exact) mass is 432 g/mol. The number of amides is 1. The van der Waals surface area contributed by atoms with Crippen LogP contribution in [0, 0.1) is 0 Å². The fourth-order valence-electron chi connectivity index (χ4n) is 2.87. The fourth-order valence-corrected chi connectivity index (χ4v) is 3.60. The molecule has 3 N–H and O–H groups in total. The lowest BCUT2D eigenvalue weighted by molar-refractivity contribution is 0.00578. The van der Waals surface area contributed by atoms with E-state index in [1.165, 1.54) is 12.1 Å². The van der Waals surface area contributed by atoms with Gasteiger partial charge in [0.25, 0.3) is 0 Å². The predicted molar refractivity (Wildman–Crippen MR) is 114 cm³/mol. The van der Waals surface area contributed by atoms with Gasteiger partial charge in [-0.15, -0.1) is 0 Å². The number of hydrogen-bond donors (Lipinski definition) is 2. The first-order valence-corrected chi connectivity index (χ1v) is 10.9. The van der Waals surface area contributed by atoms with Crippen molar-refractivity contribution in [2.75, 3.05) is 5.32 Å². The molecule has 0 bridgehead atoms. The minimum Gasteiger partial charge on any atom is -0.444 e. The van der Waals surface area contributed by atoms with Gasteiger partial charge in [0.15, 0.2) is 0 Å². The molecule has 1 heterocycles. The summed E-state index contributed by atoms with van der Waals surface area (Å²) < 4.78 is 41.3. The first kappa shape index (κ1) is 22.3. The summed E-state index contributed by atoms with van der Waals surface area (Å²) in [6.45, 7) is 7.63. The molecule has 30 heavy (non-hydrogen) atoms. The number of anilines is 1. The molecular formula is C20H25BN2O6S. The molecule has 0 unspecified atom stereocenters. The summed E-state index contributed by atoms with van der Waals surface area (Å²) in [5.41, 5.74) is 0.113. The van der Waals surface area contributed by atoms with Crippen molar-refractivity contribution < 1.29 is 27.3 Å². The molecule has 0 radical (unpaired) electrons. The minimum atomic E-state index is -4.14. The van der Waals surface area contributed by atoms with Crippen molar-refractivity contribution in [3.63, 3.8) is 0 Å². The average molecular weight is 432 g/mol. The van der Waals surface area contributed by atoms with E-state index in [1.54, 1.807) is 6.07 Å². The maximum atomic E-state index is 12.2. The Balaban J connectivity index is 1.80. The number of hydrogen-bond acceptors (Lipinski definition) is 6. The van der Waals surface area contributed by atoms with Crippen LogP contribution in [0.4, 0.5) is 10.5 Å². The van der Waals surface area contributed by atoms with Crippen LogP contribution in [-0.2, 0) is 30.7 Å². The summed E-state index contributed by atoms with van der Waals surface area (Å²) in [5.74, 6) is 0. The number of sulfonamides is 1. The Morgan fingerprint density at radius 1 is 1.07 bits per heavy atom. The van der Waals surface area contributed by atoms with Crippen LogP contribution < -0.4 is 15.9 Å². The second kappa shape index (κ2) is 8.03. The first-order valence-electron chi connectivity index (χ1n) is 9.39. The molecule has 1 aliphatic heterocycles. The number of primary sulfonamides is 1. The topological polar surface area (TPSA) is 117 Å². The van der Waals surface area contributed by atoms with Crippen LogP contribution in [0.2, 0.25) is 0 Å². The summed E-state index contributed by atoms with van der Waals surface area (Å²) in [6, 6.07) is 13.5. The summed E-state index contributed by atoms with van der Waals surface area (Å²) in [7, 11) is -4.91. The number of carbonyl (C=O) groups excluding carboxylic acids is 1. The van der Waals surface area contributed by atoms with E-state index in [4.69, 9.17) is 19.2 Å². The largest absolute Gasteiger partial charge is 0.494 e. The van der Waals surface area contributed by atoms with Gasteiger partial charge in [-0.2, -0.15) is 0 Å². The third-order valence-corrected chi connectivity index (χ3v) is 6.24. The molecule has 1 aliphatic rings. The normalized spacial score (nSPS) is 17.6. The second-order valence-electron chi connectivity index (χ2n) is 8.08. The molecule has 8 nitrogen and oxygen atoms in total. The van der Waals surface area contributed by atoms with Crippen LogP contribution in [0.25, 0.3) is 0 Å². The zero-order chi connectivity index (χ0) is 22.2. The van der Waals surface area contributed by atoms with E-state index in [2.05, 4.69) is 5.32 Å². The van der Waals surface area contributed by atoms with Gasteiger partial charge in [0, 0.05) is 0 Å². The maximum absolute atomic E-state index is 12.2. The van der Waals surface area contributed by atoms with Crippen LogP contribution in [-0.4, -0.2) is 32.8 Å². The van der Waals surface area contributed by atoms with E-state index in [1.807, 2.05) is 58.0 Å². The summed E-state index contributed by atoms with van der Waals surface area (Å²) >= 11 is 0. The van der Waals surface area contributed by atoms with E-state index in [9.17, 15) is 13.2 Å². The quantitative estimate of drug-likeness (QED) is 0.701. The number of nitrogens with one attached hydrogen (secondary N) is 1. The summed E-state index contributed by atoms with van der Waals surface area (Å²) in [5, 5.41) is 7.81. The van der Waals surface area contributed by atoms with Gasteiger partial charge in [0.2, 0.25) is 10.0 Å². The van der Waals surface area contributed by atoms with Gasteiger partial charge in [-0.05, 0) is 50.9 Å². The Hall–Kier alpha value is -2.40. The Labute approximate surface area is 176 Å². The molecule has 3 rings (SSSR count). The van der Waals surface area contributed by atoms with Gasteiger partial charge in [0.1, 0.15) is 11.5 Å². The highest BCUT2D eigenvalue weighted by molar-refractivity contribution is 7.89. The Bertz CT molecular complexity index is 1020. The second-order valence-corrected chi connectivity index (χ2v) is 9.61. The molecular weight excluding hydrogens is 407 g/mol. The molecule has 0 spiro atoms. The highest BCUT2D eigenvalue weighted by Crippen LogP contribution is 2.36. The third-order valence-electron chi connectivity index (χ3n) is 5.29. The van der Waals surface area contributed by atoms with Gasteiger partial charge in [-0.1, -0.05) is 36.4 Å². The smallest absolute Gasteiger partial charge is 0.444 e. The Morgan fingerprint density at radius 2 is 1.67 bits per heavy atom. The van der Waals surface area contributed by atoms with Crippen molar-refractivity contribution in [2.24, 2.45) is 5.14 Å². The first-order chi connectivity index (χ1) is 13.9. The molecule has 1 saturated heterocycles. The van der Waals surface area contributed by atoms with Crippen LogP contribution in [0.1, 0.15) is 33.3 Å². The predicted octanol–water partition coefficient (Wildman–Crippen LogP) is 2.38. The van der Waals surface area contributed by atoms with E-state index in [0.29, 0.717) is 5.46 Å². The standard InChI is InChI=1S/C20H25BN2O6S/c1-19(2)20(3,4)29-21(28-19)15-10-11-16(17(12-15)30(22,25)26)23-18(24)27-13-14-8-6-5-7-9-14/h5-12H,13H2,1-4H3,(H,23,24)(H2,22,25,26). The Kier molecular flexibility index (Phi) is 5.97. The number of nitrogens with two attached hydrogens (primary N) is 1. The number of rotatable bonds is 5. The van der Waals surface area contributed by atoms with Gasteiger partial charge >= 0.3 is 13.2 Å². The molecule has 0 aliphatic carbocycles. The van der Waals surface area contributed by atoms with Gasteiger partial charge < -0.3 is 14.0 Å². The van der Waals surface area contributed by atoms with Crippen molar-refractivity contribution in [1.29, 1.82) is 0 Å². The van der Waals surface area contributed by atoms with Crippen LogP contribution >= 0.6 is 0 Å². The SMILES string of the molecule is CC1(C)OB(c2ccc(NC(=O)OCc3ccccc3)c(S(N)(=O)=O)c2)OC1(C)C. The summed E-state index contributed by atoms with van der Waals surface area (Å²) in [6.07, 6.45) is -0.799. The number of benzene rings is 2. The zero-order valence-electron chi connectivity index (χ0n) is 17.3. The zero-order valence-corrected chi connectivity index (χ0v) is 18.2. The van der Waals surface area contributed by atoms with Crippen molar-refractivity contribution in [2.45, 2.75) is 50.4 Å². The van der Waals surface area contributed by atoms with E-state index in [0.717, 1.165) is 5.56 Å². The lowest BCUT2D eigenvalue weighted by Gasteiger charge is -2.32. The van der Waals surface area contributed by atoms with Crippen LogP contribution in [0.3, 0.4) is 0 Å². The third kappa shape index (κ3) is 4.84. The van der Waals surface area contributed by atoms with Crippen molar-refractivity contribution in [3.8, 4) is 0 Å². The molecule has 2 aromatic carbocycles. The fraction of sp³-hybridized carbons (Fsp3) is 0.350. The summed E-state index contributed by atoms with van der Waals surface area (Å²) in [4.78, 5) is 11.9. The van der Waals surface area contributed by atoms with Crippen molar-refractivity contribution in [1.82, 2.24) is 0 Å². The van der Waals surface area contributed by atoms with E-state index < -0.39 is 34.4 Å². The molecule has 160 valence electrons. The maximum Gasteiger partial charge on any atom is 0.494 e. The molecule has 10 heteroatoms. The molecule has 1 amide bonds. The molecule has 0 atom stereocenters. The highest BCUT2D eigenvalue weighted by atomic mass is 32.2. The molecule has 0 aromatic heterocycles. The lowest BCUT2D eigenvalue weighted by atomic mass is 9.79. The van der Waals surface area contributed by atoms with Crippen molar-refractivity contribution >= 4 is 34.4 Å². The molecule has 1 fully saturated rings.